The molecule has 2 nitrogen and oxygen atoms in total. The Morgan fingerprint density at radius 1 is 1.80 bits per heavy atom. The lowest BCUT2D eigenvalue weighted by Gasteiger charge is -1.94. The summed E-state index contributed by atoms with van der Waals surface area (Å²) in [6.07, 6.45) is 4.51. The van der Waals surface area contributed by atoms with Crippen LogP contribution in [0.1, 0.15) is 0 Å². The molecular weight excluding hydrogens is 246 g/mol. The fourth-order valence-corrected chi connectivity index (χ4v) is 0.820. The molecule has 1 rings (SSSR count). The molecule has 0 amide bonds. The minimum Gasteiger partial charge on any atom is -0.304 e. The molecular formula is C6H6FIN2. The van der Waals surface area contributed by atoms with Crippen molar-refractivity contribution in [2.45, 2.75) is 6.54 Å². The summed E-state index contributed by atoms with van der Waals surface area (Å²) in [5.41, 5.74) is 0. The van der Waals surface area contributed by atoms with E-state index in [0.717, 1.165) is 0 Å². The molecule has 1 aromatic heterocycles. The first-order valence-corrected chi connectivity index (χ1v) is 4.00. The molecule has 0 radical (unpaired) electrons. The molecule has 1 heterocycles. The van der Waals surface area contributed by atoms with Crippen LogP contribution in [0.2, 0.25) is 0 Å². The van der Waals surface area contributed by atoms with Crippen LogP contribution in [-0.2, 0) is 6.54 Å². The third-order valence-electron chi connectivity index (χ3n) is 1.05. The van der Waals surface area contributed by atoms with Gasteiger partial charge in [0, 0.05) is 6.54 Å². The van der Waals surface area contributed by atoms with Crippen LogP contribution in [0.3, 0.4) is 0 Å². The number of hydrogen-bond acceptors (Lipinski definition) is 1. The highest BCUT2D eigenvalue weighted by molar-refractivity contribution is 14.1. The summed E-state index contributed by atoms with van der Waals surface area (Å²) in [5, 5.41) is 0. The first kappa shape index (κ1) is 7.71. The first-order chi connectivity index (χ1) is 4.84. The van der Waals surface area contributed by atoms with Crippen LogP contribution in [-0.4, -0.2) is 9.55 Å². The molecule has 0 fully saturated rings. The molecule has 0 bridgehead atoms. The summed E-state index contributed by atoms with van der Waals surface area (Å²) >= 11 is 2.09. The number of allylic oxidation sites excluding steroid dienone is 1. The van der Waals surface area contributed by atoms with Crippen LogP contribution in [0.25, 0.3) is 0 Å². The van der Waals surface area contributed by atoms with Crippen LogP contribution in [0.5, 0.6) is 0 Å². The van der Waals surface area contributed by atoms with Gasteiger partial charge in [0.25, 0.3) is 0 Å². The number of nitrogens with zero attached hydrogens (tertiary/aromatic N) is 2. The zero-order valence-corrected chi connectivity index (χ0v) is 7.32. The number of aromatic nitrogens is 2. The highest BCUT2D eigenvalue weighted by Crippen LogP contribution is 1.96. The van der Waals surface area contributed by atoms with Crippen molar-refractivity contribution in [3.05, 3.63) is 28.6 Å². The molecule has 0 saturated carbocycles. The first-order valence-electron chi connectivity index (χ1n) is 2.75. The fraction of sp³-hybridized carbons (Fsp3) is 0.167. The molecule has 0 spiro atoms. The van der Waals surface area contributed by atoms with Gasteiger partial charge in [-0.2, -0.15) is 4.39 Å². The zero-order valence-electron chi connectivity index (χ0n) is 5.17. The molecule has 0 aliphatic rings. The van der Waals surface area contributed by atoms with Crippen molar-refractivity contribution in [1.82, 2.24) is 9.55 Å². The molecule has 4 heteroatoms. The molecule has 54 valence electrons. The average Bonchev–Trinajstić information content (AvgIpc) is 2.31. The Morgan fingerprint density at radius 3 is 3.10 bits per heavy atom. The van der Waals surface area contributed by atoms with Crippen molar-refractivity contribution in [2.75, 3.05) is 0 Å². The maximum atomic E-state index is 12.5. The van der Waals surface area contributed by atoms with Gasteiger partial charge in [-0.05, 0) is 4.08 Å². The van der Waals surface area contributed by atoms with E-state index in [1.807, 2.05) is 10.2 Å². The molecule has 1 aromatic rings. The van der Waals surface area contributed by atoms with Gasteiger partial charge in [-0.1, -0.05) is 28.7 Å². The molecule has 0 N–H and O–H groups in total. The van der Waals surface area contributed by atoms with E-state index in [-0.39, 0.29) is 5.95 Å². The Balaban J connectivity index is 2.65. The van der Waals surface area contributed by atoms with Gasteiger partial charge >= 0.3 is 0 Å². The Morgan fingerprint density at radius 2 is 2.60 bits per heavy atom. The highest BCUT2D eigenvalue weighted by Gasteiger charge is 1.94. The van der Waals surface area contributed by atoms with Gasteiger partial charge in [0.1, 0.15) is 0 Å². The van der Waals surface area contributed by atoms with E-state index < -0.39 is 0 Å². The summed E-state index contributed by atoms with van der Waals surface area (Å²) in [5.74, 6) is -0.297. The van der Waals surface area contributed by atoms with Crippen LogP contribution in [0.4, 0.5) is 4.39 Å². The van der Waals surface area contributed by atoms with E-state index in [4.69, 9.17) is 0 Å². The molecule has 0 aliphatic heterocycles. The smallest absolute Gasteiger partial charge is 0.213 e. The average molecular weight is 252 g/mol. The van der Waals surface area contributed by atoms with E-state index in [1.54, 1.807) is 0 Å². The number of rotatable bonds is 2. The lowest BCUT2D eigenvalue weighted by atomic mass is 10.6. The second-order valence-corrected chi connectivity index (χ2v) is 2.45. The maximum absolute atomic E-state index is 12.5. The summed E-state index contributed by atoms with van der Waals surface area (Å²) in [7, 11) is 0. The quantitative estimate of drug-likeness (QED) is 0.736. The van der Waals surface area contributed by atoms with Crippen LogP contribution < -0.4 is 0 Å². The Labute approximate surface area is 71.9 Å². The SMILES string of the molecule is Fc1cncn1C/C=C/I. The Kier molecular flexibility index (Phi) is 2.85. The van der Waals surface area contributed by atoms with Crippen molar-refractivity contribution >= 4 is 22.6 Å². The van der Waals surface area contributed by atoms with Gasteiger partial charge in [-0.25, -0.2) is 4.98 Å². The predicted molar refractivity (Wildman–Crippen MR) is 45.3 cm³/mol. The standard InChI is InChI=1S/C6H6FIN2/c7-6-4-9-5-10(6)3-1-2-8/h1-2,4-5H,3H2/b2-1+. The summed E-state index contributed by atoms with van der Waals surface area (Å²) in [6, 6.07) is 0. The molecule has 0 saturated heterocycles. The lowest BCUT2D eigenvalue weighted by Crippen LogP contribution is -1.95. The molecule has 10 heavy (non-hydrogen) atoms. The van der Waals surface area contributed by atoms with Gasteiger partial charge in [-0.15, -0.1) is 0 Å². The summed E-state index contributed by atoms with van der Waals surface area (Å²) < 4.78 is 15.8. The Hall–Kier alpha value is -0.390. The second kappa shape index (κ2) is 3.70. The number of halogens is 2. The minimum atomic E-state index is -0.297. The number of hydrogen-bond donors (Lipinski definition) is 0. The number of imidazole rings is 1. The van der Waals surface area contributed by atoms with Gasteiger partial charge in [0.05, 0.1) is 12.5 Å². The lowest BCUT2D eigenvalue weighted by molar-refractivity contribution is 0.520. The molecule has 0 atom stereocenters. The van der Waals surface area contributed by atoms with Gasteiger partial charge < -0.3 is 4.57 Å². The largest absolute Gasteiger partial charge is 0.304 e. The van der Waals surface area contributed by atoms with Gasteiger partial charge in [0.2, 0.25) is 5.95 Å². The van der Waals surface area contributed by atoms with Crippen LogP contribution >= 0.6 is 22.6 Å². The zero-order chi connectivity index (χ0) is 7.40. The van der Waals surface area contributed by atoms with Gasteiger partial charge in [0.15, 0.2) is 0 Å². The Bertz CT molecular complexity index is 231. The van der Waals surface area contributed by atoms with Crippen LogP contribution in [0, 0.1) is 5.95 Å². The van der Waals surface area contributed by atoms with Crippen molar-refractivity contribution in [2.24, 2.45) is 0 Å². The monoisotopic (exact) mass is 252 g/mol. The molecule has 0 unspecified atom stereocenters. The van der Waals surface area contributed by atoms with E-state index in [2.05, 4.69) is 27.6 Å². The maximum Gasteiger partial charge on any atom is 0.213 e. The summed E-state index contributed by atoms with van der Waals surface area (Å²) in [4.78, 5) is 3.63. The van der Waals surface area contributed by atoms with E-state index in [0.29, 0.717) is 6.54 Å². The highest BCUT2D eigenvalue weighted by atomic mass is 127. The van der Waals surface area contributed by atoms with E-state index in [9.17, 15) is 4.39 Å². The fourth-order valence-electron chi connectivity index (χ4n) is 0.592. The van der Waals surface area contributed by atoms with Crippen molar-refractivity contribution < 1.29 is 4.39 Å². The third-order valence-corrected chi connectivity index (χ3v) is 1.56. The van der Waals surface area contributed by atoms with E-state index in [1.165, 1.54) is 17.1 Å². The van der Waals surface area contributed by atoms with Crippen molar-refractivity contribution in [1.29, 1.82) is 0 Å². The van der Waals surface area contributed by atoms with Crippen molar-refractivity contribution in [3.8, 4) is 0 Å². The molecule has 0 aromatic carbocycles. The molecule has 0 aliphatic carbocycles. The predicted octanol–water partition coefficient (Wildman–Crippen LogP) is 1.97. The second-order valence-electron chi connectivity index (χ2n) is 1.73. The van der Waals surface area contributed by atoms with Crippen molar-refractivity contribution in [3.63, 3.8) is 0 Å². The normalized spacial score (nSPS) is 11.0. The van der Waals surface area contributed by atoms with E-state index >= 15 is 0 Å². The van der Waals surface area contributed by atoms with Gasteiger partial charge in [-0.3, -0.25) is 0 Å². The minimum absolute atomic E-state index is 0.297. The third kappa shape index (κ3) is 1.80. The van der Waals surface area contributed by atoms with Crippen LogP contribution in [0.15, 0.2) is 22.7 Å². The summed E-state index contributed by atoms with van der Waals surface area (Å²) in [6.45, 7) is 0.550. The topological polar surface area (TPSA) is 17.8 Å².